The molecule has 6 nitrogen and oxygen atoms in total. The van der Waals surface area contributed by atoms with Gasteiger partial charge in [0.25, 0.3) is 5.91 Å². The van der Waals surface area contributed by atoms with E-state index in [2.05, 4.69) is 10.6 Å². The van der Waals surface area contributed by atoms with Crippen LogP contribution in [0.4, 0.5) is 39.0 Å². The van der Waals surface area contributed by atoms with Crippen molar-refractivity contribution in [2.45, 2.75) is 16.4 Å². The first-order chi connectivity index (χ1) is 20.9. The standard InChI is InChI=1S/C27H16Cl6F5N3O3S/c28-13-2-1-11(39-25(44)20-19(27(20,32)33)10-5-14(29)21(31)15(30)6-10)7-12(13)24(43)40-17-4-3-16(34)23(22(17)35)41-18(42)8-45-9-26(36,37)38/h1-7,19-20H,8-9H2,(H,39,44)(H,40,43)(H,41,42)/t19-,20+/m0/s1. The van der Waals surface area contributed by atoms with Crippen LogP contribution < -0.4 is 16.0 Å². The molecular weight excluding hydrogens is 754 g/mol. The van der Waals surface area contributed by atoms with Crippen molar-refractivity contribution in [3.05, 3.63) is 85.3 Å². The molecule has 0 spiro atoms. The highest BCUT2D eigenvalue weighted by Crippen LogP contribution is 2.65. The van der Waals surface area contributed by atoms with E-state index in [0.29, 0.717) is 5.56 Å². The Balaban J connectivity index is 1.47. The maximum Gasteiger partial charge on any atom is 0.397 e. The average Bonchev–Trinajstić information content (AvgIpc) is 3.53. The highest BCUT2D eigenvalue weighted by atomic mass is 35.5. The molecule has 45 heavy (non-hydrogen) atoms. The summed E-state index contributed by atoms with van der Waals surface area (Å²) >= 11 is 37.3. The largest absolute Gasteiger partial charge is 0.397 e. The summed E-state index contributed by atoms with van der Waals surface area (Å²) in [5.41, 5.74) is -1.25. The van der Waals surface area contributed by atoms with E-state index < -0.39 is 74.6 Å². The predicted molar refractivity (Wildman–Crippen MR) is 169 cm³/mol. The number of hydrogen-bond donors (Lipinski definition) is 3. The van der Waals surface area contributed by atoms with Crippen molar-refractivity contribution in [1.82, 2.24) is 0 Å². The van der Waals surface area contributed by atoms with Crippen LogP contribution in [0.3, 0.4) is 0 Å². The number of hydrogen-bond acceptors (Lipinski definition) is 4. The monoisotopic (exact) mass is 767 g/mol. The lowest BCUT2D eigenvalue weighted by Crippen LogP contribution is -2.20. The third-order valence-electron chi connectivity index (χ3n) is 6.28. The lowest BCUT2D eigenvalue weighted by Gasteiger charge is -2.13. The Kier molecular flexibility index (Phi) is 11.0. The van der Waals surface area contributed by atoms with Gasteiger partial charge in [0.15, 0.2) is 5.82 Å². The molecule has 240 valence electrons. The first kappa shape index (κ1) is 35.7. The normalized spacial score (nSPS) is 17.0. The molecule has 1 aliphatic rings. The van der Waals surface area contributed by atoms with Crippen molar-refractivity contribution < 1.29 is 36.3 Å². The fourth-order valence-corrected chi connectivity index (χ4v) is 6.44. The summed E-state index contributed by atoms with van der Waals surface area (Å²) in [5, 5.41) is 6.90. The molecular formula is C27H16Cl6F5N3O3S. The minimum Gasteiger partial charge on any atom is -0.326 e. The summed E-state index contributed by atoms with van der Waals surface area (Å²) < 4.78 is 64.7. The molecule has 2 atom stereocenters. The van der Waals surface area contributed by atoms with Gasteiger partial charge >= 0.3 is 6.18 Å². The predicted octanol–water partition coefficient (Wildman–Crippen LogP) is 9.59. The topological polar surface area (TPSA) is 87.3 Å². The van der Waals surface area contributed by atoms with Gasteiger partial charge in [-0.1, -0.05) is 46.4 Å². The molecule has 0 saturated heterocycles. The van der Waals surface area contributed by atoms with Gasteiger partial charge in [-0.25, -0.2) is 8.78 Å². The van der Waals surface area contributed by atoms with E-state index in [1.165, 1.54) is 30.3 Å². The third-order valence-corrected chi connectivity index (χ3v) is 9.75. The molecule has 0 bridgehead atoms. The maximum atomic E-state index is 15.1. The van der Waals surface area contributed by atoms with Crippen molar-refractivity contribution in [1.29, 1.82) is 0 Å². The molecule has 3 N–H and O–H groups in total. The molecule has 18 heteroatoms. The third kappa shape index (κ3) is 8.40. The van der Waals surface area contributed by atoms with E-state index in [1.807, 2.05) is 5.32 Å². The molecule has 3 aromatic rings. The van der Waals surface area contributed by atoms with Crippen molar-refractivity contribution in [2.24, 2.45) is 5.92 Å². The molecule has 3 amide bonds. The van der Waals surface area contributed by atoms with Gasteiger partial charge in [0.1, 0.15) is 15.8 Å². The molecule has 0 unspecified atom stereocenters. The SMILES string of the molecule is O=C(CSCC(F)(F)F)Nc1c(F)ccc(NC(=O)c2cc(NC(=O)[C@H]3[C@H](c4cc(Cl)c(Cl)c(Cl)c4)C3(Cl)Cl)ccc2Cl)c1F. The first-order valence-electron chi connectivity index (χ1n) is 12.3. The van der Waals surface area contributed by atoms with Crippen LogP contribution in [-0.4, -0.2) is 39.7 Å². The zero-order valence-corrected chi connectivity index (χ0v) is 27.3. The van der Waals surface area contributed by atoms with Crippen LogP contribution >= 0.6 is 81.4 Å². The van der Waals surface area contributed by atoms with Crippen molar-refractivity contribution in [3.63, 3.8) is 0 Å². The van der Waals surface area contributed by atoms with Gasteiger partial charge in [0, 0.05) is 11.6 Å². The highest BCUT2D eigenvalue weighted by Gasteiger charge is 2.67. The fraction of sp³-hybridized carbons (Fsp3) is 0.222. The molecule has 4 rings (SSSR count). The summed E-state index contributed by atoms with van der Waals surface area (Å²) in [5.74, 6) is -9.10. The molecule has 0 aliphatic heterocycles. The molecule has 0 radical (unpaired) electrons. The average molecular weight is 770 g/mol. The van der Waals surface area contributed by atoms with Gasteiger partial charge in [-0.05, 0) is 48.0 Å². The van der Waals surface area contributed by atoms with E-state index >= 15 is 4.39 Å². The van der Waals surface area contributed by atoms with Crippen LogP contribution in [0.1, 0.15) is 21.8 Å². The van der Waals surface area contributed by atoms with Gasteiger partial charge in [-0.3, -0.25) is 14.4 Å². The number of carbonyl (C=O) groups excluding carboxylic acids is 3. The van der Waals surface area contributed by atoms with E-state index in [1.54, 1.807) is 0 Å². The molecule has 0 aromatic heterocycles. The van der Waals surface area contributed by atoms with E-state index in [9.17, 15) is 31.9 Å². The van der Waals surface area contributed by atoms with Crippen molar-refractivity contribution in [3.8, 4) is 0 Å². The number of carbonyl (C=O) groups is 3. The Bertz CT molecular complexity index is 1670. The number of rotatable bonds is 9. The Hall–Kier alpha value is -2.19. The summed E-state index contributed by atoms with van der Waals surface area (Å²) in [4.78, 5) is 38.1. The number of benzene rings is 3. The Morgan fingerprint density at radius 1 is 0.867 bits per heavy atom. The number of anilines is 3. The summed E-state index contributed by atoms with van der Waals surface area (Å²) in [6.07, 6.45) is -4.53. The lowest BCUT2D eigenvalue weighted by atomic mass is 10.1. The number of halogens is 11. The Labute approximate surface area is 286 Å². The summed E-state index contributed by atoms with van der Waals surface area (Å²) in [6, 6.07) is 8.38. The van der Waals surface area contributed by atoms with E-state index in [4.69, 9.17) is 69.6 Å². The second kappa shape index (κ2) is 13.9. The van der Waals surface area contributed by atoms with Gasteiger partial charge in [0.2, 0.25) is 11.8 Å². The van der Waals surface area contributed by atoms with Gasteiger partial charge in [-0.15, -0.1) is 35.0 Å². The summed E-state index contributed by atoms with van der Waals surface area (Å²) in [6.45, 7) is 0. The second-order valence-electron chi connectivity index (χ2n) is 9.51. The van der Waals surface area contributed by atoms with Crippen molar-refractivity contribution >= 4 is 116 Å². The lowest BCUT2D eigenvalue weighted by molar-refractivity contribution is -0.117. The first-order valence-corrected chi connectivity index (χ1v) is 15.7. The van der Waals surface area contributed by atoms with Crippen LogP contribution in [0.25, 0.3) is 0 Å². The van der Waals surface area contributed by atoms with Crippen LogP contribution in [-0.2, 0) is 9.59 Å². The quantitative estimate of drug-likeness (QED) is 0.115. The Morgan fingerprint density at radius 2 is 1.51 bits per heavy atom. The molecule has 1 aliphatic carbocycles. The van der Waals surface area contributed by atoms with Gasteiger partial charge in [0.05, 0.1) is 48.8 Å². The van der Waals surface area contributed by atoms with Crippen LogP contribution in [0, 0.1) is 17.6 Å². The molecule has 1 fully saturated rings. The van der Waals surface area contributed by atoms with Gasteiger partial charge < -0.3 is 16.0 Å². The fourth-order valence-electron chi connectivity index (χ4n) is 4.21. The summed E-state index contributed by atoms with van der Waals surface area (Å²) in [7, 11) is 0. The maximum absolute atomic E-state index is 15.1. The number of alkyl halides is 5. The minimum absolute atomic E-state index is 0.0837. The highest BCUT2D eigenvalue weighted by molar-refractivity contribution is 8.00. The zero-order valence-electron chi connectivity index (χ0n) is 21.9. The smallest absolute Gasteiger partial charge is 0.326 e. The van der Waals surface area contributed by atoms with Crippen molar-refractivity contribution in [2.75, 3.05) is 27.5 Å². The molecule has 3 aromatic carbocycles. The number of thioether (sulfide) groups is 1. The van der Waals surface area contributed by atoms with Gasteiger partial charge in [-0.2, -0.15) is 13.2 Å². The van der Waals surface area contributed by atoms with E-state index in [-0.39, 0.29) is 43.1 Å². The van der Waals surface area contributed by atoms with Crippen LogP contribution in [0.5, 0.6) is 0 Å². The molecule has 0 heterocycles. The van der Waals surface area contributed by atoms with Crippen LogP contribution in [0.2, 0.25) is 20.1 Å². The molecule has 1 saturated carbocycles. The number of nitrogens with one attached hydrogen (secondary N) is 3. The zero-order chi connectivity index (χ0) is 33.4. The second-order valence-corrected chi connectivity index (χ2v) is 13.5. The minimum atomic E-state index is -4.53. The Morgan fingerprint density at radius 3 is 2.13 bits per heavy atom. The van der Waals surface area contributed by atoms with E-state index in [0.717, 1.165) is 12.1 Å². The van der Waals surface area contributed by atoms with Crippen LogP contribution in [0.15, 0.2) is 42.5 Å². The number of amides is 3.